The summed E-state index contributed by atoms with van der Waals surface area (Å²) in [6.45, 7) is 2.03. The Morgan fingerprint density at radius 3 is 2.90 bits per heavy atom. The van der Waals surface area contributed by atoms with Gasteiger partial charge in [-0.05, 0) is 37.5 Å². The number of nitrogen functional groups attached to an aromatic ring is 1. The average molecular weight is 280 g/mol. The van der Waals surface area contributed by atoms with Crippen molar-refractivity contribution < 1.29 is 0 Å². The van der Waals surface area contributed by atoms with Gasteiger partial charge in [0.1, 0.15) is 6.33 Å². The van der Waals surface area contributed by atoms with Gasteiger partial charge in [0.25, 0.3) is 0 Å². The van der Waals surface area contributed by atoms with Crippen LogP contribution in [-0.4, -0.2) is 25.6 Å². The van der Waals surface area contributed by atoms with Crippen LogP contribution in [-0.2, 0) is 0 Å². The first-order valence-corrected chi connectivity index (χ1v) is 7.04. The highest BCUT2D eigenvalue weighted by Crippen LogP contribution is 2.29. The lowest BCUT2D eigenvalue weighted by atomic mass is 10.1. The van der Waals surface area contributed by atoms with E-state index in [1.54, 1.807) is 6.33 Å². The molecule has 2 heterocycles. The molecule has 3 aromatic rings. The second-order valence-corrected chi connectivity index (χ2v) is 5.48. The van der Waals surface area contributed by atoms with Crippen molar-refractivity contribution in [3.8, 4) is 11.3 Å². The number of anilines is 2. The lowest BCUT2D eigenvalue weighted by Crippen LogP contribution is -2.07. The molecule has 1 saturated carbocycles. The van der Waals surface area contributed by atoms with E-state index in [0.29, 0.717) is 6.04 Å². The third kappa shape index (κ3) is 2.08. The third-order valence-corrected chi connectivity index (χ3v) is 3.75. The molecule has 1 aromatic carbocycles. The van der Waals surface area contributed by atoms with Crippen LogP contribution >= 0.6 is 0 Å². The molecule has 1 fully saturated rings. The summed E-state index contributed by atoms with van der Waals surface area (Å²) in [5.74, 6) is 0.798. The Bertz CT molecular complexity index is 818. The molecular weight excluding hydrogens is 264 g/mol. The minimum atomic E-state index is 0.530. The van der Waals surface area contributed by atoms with E-state index < -0.39 is 0 Å². The summed E-state index contributed by atoms with van der Waals surface area (Å²) < 4.78 is 1.83. The molecule has 0 spiro atoms. The summed E-state index contributed by atoms with van der Waals surface area (Å²) in [6, 6.07) is 6.37. The van der Waals surface area contributed by atoms with Gasteiger partial charge >= 0.3 is 0 Å². The fraction of sp³-hybridized carbons (Fsp3) is 0.267. The van der Waals surface area contributed by atoms with E-state index in [1.807, 2.05) is 35.8 Å². The van der Waals surface area contributed by atoms with Crippen molar-refractivity contribution in [1.82, 2.24) is 19.6 Å². The number of hydrogen-bond acceptors (Lipinski definition) is 5. The molecule has 0 unspecified atom stereocenters. The van der Waals surface area contributed by atoms with Gasteiger partial charge in [-0.2, -0.15) is 5.10 Å². The second kappa shape index (κ2) is 4.44. The predicted molar refractivity (Wildman–Crippen MR) is 82.0 cm³/mol. The Balaban J connectivity index is 1.87. The molecule has 6 heteroatoms. The maximum atomic E-state index is 5.82. The van der Waals surface area contributed by atoms with Crippen LogP contribution in [0.4, 0.5) is 11.5 Å². The minimum absolute atomic E-state index is 0.530. The Labute approximate surface area is 122 Å². The maximum Gasteiger partial charge on any atom is 0.198 e. The van der Waals surface area contributed by atoms with Gasteiger partial charge in [0.15, 0.2) is 11.5 Å². The molecule has 0 atom stereocenters. The number of nitrogens with zero attached hydrogens (tertiary/aromatic N) is 4. The fourth-order valence-corrected chi connectivity index (χ4v) is 2.50. The molecule has 0 saturated heterocycles. The smallest absolute Gasteiger partial charge is 0.198 e. The first-order valence-electron chi connectivity index (χ1n) is 7.04. The van der Waals surface area contributed by atoms with Crippen molar-refractivity contribution >= 4 is 17.2 Å². The van der Waals surface area contributed by atoms with E-state index in [2.05, 4.69) is 20.4 Å². The Kier molecular flexibility index (Phi) is 2.57. The van der Waals surface area contributed by atoms with Crippen LogP contribution in [0.15, 0.2) is 30.7 Å². The van der Waals surface area contributed by atoms with Gasteiger partial charge in [0, 0.05) is 17.3 Å². The second-order valence-electron chi connectivity index (χ2n) is 5.48. The van der Waals surface area contributed by atoms with Crippen molar-refractivity contribution in [2.75, 3.05) is 11.1 Å². The van der Waals surface area contributed by atoms with E-state index in [4.69, 9.17) is 5.73 Å². The van der Waals surface area contributed by atoms with Gasteiger partial charge in [0.05, 0.1) is 11.9 Å². The third-order valence-electron chi connectivity index (χ3n) is 3.75. The summed E-state index contributed by atoms with van der Waals surface area (Å²) in [4.78, 5) is 8.87. The van der Waals surface area contributed by atoms with Crippen molar-refractivity contribution in [3.63, 3.8) is 0 Å². The Morgan fingerprint density at radius 1 is 1.29 bits per heavy atom. The standard InChI is InChI=1S/C15H16N6/c1-9-6-10(16)2-5-12(9)13-7-17-14(20-11-3-4-11)15-18-8-19-21(13)15/h2,5-8,11H,3-4,16H2,1H3,(H,17,20). The average Bonchev–Trinajstić information content (AvgIpc) is 3.13. The summed E-state index contributed by atoms with van der Waals surface area (Å²) in [5, 5.41) is 7.73. The molecule has 6 nitrogen and oxygen atoms in total. The highest BCUT2D eigenvalue weighted by molar-refractivity contribution is 5.72. The number of aryl methyl sites for hydroxylation is 1. The molecule has 3 N–H and O–H groups in total. The fourth-order valence-electron chi connectivity index (χ4n) is 2.50. The van der Waals surface area contributed by atoms with Gasteiger partial charge in [0.2, 0.25) is 0 Å². The zero-order valence-electron chi connectivity index (χ0n) is 11.7. The number of benzene rings is 1. The molecule has 1 aliphatic rings. The van der Waals surface area contributed by atoms with Crippen LogP contribution in [0.5, 0.6) is 0 Å². The zero-order valence-corrected chi connectivity index (χ0v) is 11.7. The van der Waals surface area contributed by atoms with Gasteiger partial charge in [-0.3, -0.25) is 0 Å². The van der Waals surface area contributed by atoms with Crippen molar-refractivity contribution in [3.05, 3.63) is 36.3 Å². The van der Waals surface area contributed by atoms with E-state index in [-0.39, 0.29) is 0 Å². The van der Waals surface area contributed by atoms with Crippen LogP contribution in [0, 0.1) is 6.92 Å². The first kappa shape index (κ1) is 12.1. The minimum Gasteiger partial charge on any atom is -0.399 e. The van der Waals surface area contributed by atoms with Gasteiger partial charge in [-0.25, -0.2) is 14.5 Å². The Hall–Kier alpha value is -2.63. The number of fused-ring (bicyclic) bond motifs is 1. The van der Waals surface area contributed by atoms with Crippen LogP contribution in [0.1, 0.15) is 18.4 Å². The van der Waals surface area contributed by atoms with E-state index in [0.717, 1.165) is 34.0 Å². The number of nitrogens with two attached hydrogens (primary N) is 1. The normalized spacial score (nSPS) is 14.5. The summed E-state index contributed by atoms with van der Waals surface area (Å²) in [5.41, 5.74) is 10.4. The molecule has 1 aliphatic carbocycles. The maximum absolute atomic E-state index is 5.82. The predicted octanol–water partition coefficient (Wildman–Crippen LogP) is 2.26. The molecule has 4 rings (SSSR count). The van der Waals surface area contributed by atoms with E-state index >= 15 is 0 Å². The highest BCUT2D eigenvalue weighted by atomic mass is 15.3. The summed E-state index contributed by atoms with van der Waals surface area (Å²) in [7, 11) is 0. The molecule has 0 radical (unpaired) electrons. The number of aromatic nitrogens is 4. The number of rotatable bonds is 3. The van der Waals surface area contributed by atoms with E-state index in [9.17, 15) is 0 Å². The molecule has 0 bridgehead atoms. The molecular formula is C15H16N6. The molecule has 21 heavy (non-hydrogen) atoms. The molecule has 106 valence electrons. The lowest BCUT2D eigenvalue weighted by Gasteiger charge is -2.11. The Morgan fingerprint density at radius 2 is 2.14 bits per heavy atom. The van der Waals surface area contributed by atoms with Gasteiger partial charge in [-0.1, -0.05) is 6.07 Å². The van der Waals surface area contributed by atoms with Crippen LogP contribution in [0.25, 0.3) is 16.9 Å². The lowest BCUT2D eigenvalue weighted by molar-refractivity contribution is 0.949. The first-order chi connectivity index (χ1) is 10.2. The number of hydrogen-bond donors (Lipinski definition) is 2. The van der Waals surface area contributed by atoms with E-state index in [1.165, 1.54) is 12.8 Å². The summed E-state index contributed by atoms with van der Waals surface area (Å²) >= 11 is 0. The van der Waals surface area contributed by atoms with Crippen molar-refractivity contribution in [1.29, 1.82) is 0 Å². The molecule has 2 aromatic heterocycles. The molecule has 0 amide bonds. The van der Waals surface area contributed by atoms with Gasteiger partial charge < -0.3 is 11.1 Å². The van der Waals surface area contributed by atoms with Gasteiger partial charge in [-0.15, -0.1) is 0 Å². The van der Waals surface area contributed by atoms with Crippen LogP contribution in [0.2, 0.25) is 0 Å². The highest BCUT2D eigenvalue weighted by Gasteiger charge is 2.23. The zero-order chi connectivity index (χ0) is 14.4. The largest absolute Gasteiger partial charge is 0.399 e. The SMILES string of the molecule is Cc1cc(N)ccc1-c1cnc(NC2CC2)c2ncnn12. The topological polar surface area (TPSA) is 81.1 Å². The number of nitrogens with one attached hydrogen (secondary N) is 1. The van der Waals surface area contributed by atoms with Crippen LogP contribution in [0.3, 0.4) is 0 Å². The molecule has 0 aliphatic heterocycles. The van der Waals surface area contributed by atoms with Crippen molar-refractivity contribution in [2.24, 2.45) is 0 Å². The summed E-state index contributed by atoms with van der Waals surface area (Å²) in [6.07, 6.45) is 5.79. The van der Waals surface area contributed by atoms with Crippen molar-refractivity contribution in [2.45, 2.75) is 25.8 Å². The monoisotopic (exact) mass is 280 g/mol. The van der Waals surface area contributed by atoms with Crippen LogP contribution < -0.4 is 11.1 Å². The quantitative estimate of drug-likeness (QED) is 0.719.